The van der Waals surface area contributed by atoms with Gasteiger partial charge in [-0.05, 0) is 75.9 Å². The molecule has 12 heteroatoms. The Morgan fingerprint density at radius 3 is 1.50 bits per heavy atom. The number of unbranched alkanes of at least 4 members (excludes halogenated alkanes) is 1. The number of hydrogen-bond donors (Lipinski definition) is 0. The zero-order valence-electron chi connectivity index (χ0n) is 24.4. The van der Waals surface area contributed by atoms with Gasteiger partial charge in [-0.3, -0.25) is 18.7 Å². The highest BCUT2D eigenvalue weighted by molar-refractivity contribution is 8.00. The summed E-state index contributed by atoms with van der Waals surface area (Å²) in [5.41, 5.74) is 4.17. The van der Waals surface area contributed by atoms with Gasteiger partial charge in [0.25, 0.3) is 0 Å². The second kappa shape index (κ2) is 15.5. The number of aromatic nitrogens is 6. The van der Waals surface area contributed by atoms with Crippen LogP contribution in [0.3, 0.4) is 0 Å². The molecule has 2 aromatic carbocycles. The largest absolute Gasteiger partial charge is 0.465 e. The van der Waals surface area contributed by atoms with Gasteiger partial charge >= 0.3 is 11.9 Å². The molecular formula is C30H36N6O4S2. The van der Waals surface area contributed by atoms with Crippen molar-refractivity contribution in [2.45, 2.75) is 63.7 Å². The minimum Gasteiger partial charge on any atom is -0.465 e. The molecule has 0 amide bonds. The average molecular weight is 609 g/mol. The maximum atomic E-state index is 12.0. The van der Waals surface area contributed by atoms with Gasteiger partial charge in [0.2, 0.25) is 0 Å². The Bertz CT molecular complexity index is 1390. The molecule has 4 rings (SSSR count). The summed E-state index contributed by atoms with van der Waals surface area (Å²) in [6, 6.07) is 16.3. The van der Waals surface area contributed by atoms with E-state index in [0.717, 1.165) is 47.0 Å². The minimum atomic E-state index is -0.277. The molecule has 0 bridgehead atoms. The van der Waals surface area contributed by atoms with Crippen LogP contribution in [0.2, 0.25) is 0 Å². The molecule has 0 N–H and O–H groups in total. The molecule has 2 heterocycles. The summed E-state index contributed by atoms with van der Waals surface area (Å²) >= 11 is 2.65. The highest BCUT2D eigenvalue weighted by Gasteiger charge is 2.19. The van der Waals surface area contributed by atoms with Gasteiger partial charge in [-0.1, -0.05) is 47.8 Å². The highest BCUT2D eigenvalue weighted by Crippen LogP contribution is 2.26. The monoisotopic (exact) mass is 608 g/mol. The third kappa shape index (κ3) is 8.45. The van der Waals surface area contributed by atoms with Crippen LogP contribution in [0.1, 0.15) is 49.5 Å². The van der Waals surface area contributed by atoms with E-state index in [2.05, 4.69) is 32.5 Å². The fraction of sp³-hybridized carbons (Fsp3) is 0.400. The maximum absolute atomic E-state index is 12.0. The lowest BCUT2D eigenvalue weighted by Crippen LogP contribution is -2.09. The van der Waals surface area contributed by atoms with Crippen molar-refractivity contribution in [1.29, 1.82) is 0 Å². The molecule has 0 spiro atoms. The molecule has 42 heavy (non-hydrogen) atoms. The first-order valence-corrected chi connectivity index (χ1v) is 16.0. The molecule has 4 aromatic rings. The third-order valence-electron chi connectivity index (χ3n) is 6.22. The number of aryl methyl sites for hydroxylation is 4. The molecule has 0 aliphatic rings. The van der Waals surface area contributed by atoms with Gasteiger partial charge in [0.15, 0.2) is 10.3 Å². The van der Waals surface area contributed by atoms with E-state index in [1.165, 1.54) is 23.5 Å². The van der Waals surface area contributed by atoms with E-state index in [4.69, 9.17) is 9.47 Å². The molecule has 0 aliphatic carbocycles. The van der Waals surface area contributed by atoms with Gasteiger partial charge in [-0.15, -0.1) is 20.4 Å². The van der Waals surface area contributed by atoms with Crippen LogP contribution in [0.15, 0.2) is 58.8 Å². The fourth-order valence-electron chi connectivity index (χ4n) is 4.38. The number of carbonyl (C=O) groups is 2. The second-order valence-corrected chi connectivity index (χ2v) is 11.4. The first-order chi connectivity index (χ1) is 20.4. The highest BCUT2D eigenvalue weighted by atomic mass is 32.2. The lowest BCUT2D eigenvalue weighted by Gasteiger charge is -2.12. The molecule has 0 saturated heterocycles. The van der Waals surface area contributed by atoms with Crippen molar-refractivity contribution in [1.82, 2.24) is 29.5 Å². The average Bonchev–Trinajstić information content (AvgIpc) is 3.57. The lowest BCUT2D eigenvalue weighted by molar-refractivity contribution is -0.140. The molecule has 2 aromatic heterocycles. The van der Waals surface area contributed by atoms with Gasteiger partial charge in [0.05, 0.1) is 24.7 Å². The third-order valence-corrected chi connectivity index (χ3v) is 8.03. The molecule has 0 atom stereocenters. The number of nitrogens with zero attached hydrogens (tertiary/aromatic N) is 6. The summed E-state index contributed by atoms with van der Waals surface area (Å²) in [5.74, 6) is 1.45. The summed E-state index contributed by atoms with van der Waals surface area (Å²) in [6.45, 7) is 8.37. The van der Waals surface area contributed by atoms with Crippen LogP contribution >= 0.6 is 23.5 Å². The maximum Gasteiger partial charge on any atom is 0.316 e. The smallest absolute Gasteiger partial charge is 0.316 e. The Balaban J connectivity index is 1.48. The summed E-state index contributed by atoms with van der Waals surface area (Å²) < 4.78 is 14.2. The second-order valence-electron chi connectivity index (χ2n) is 9.54. The Morgan fingerprint density at radius 1 is 0.690 bits per heavy atom. The van der Waals surface area contributed by atoms with Crippen LogP contribution in [0.25, 0.3) is 11.4 Å². The van der Waals surface area contributed by atoms with Crippen LogP contribution in [0.4, 0.5) is 0 Å². The van der Waals surface area contributed by atoms with E-state index in [9.17, 15) is 9.59 Å². The predicted octanol–water partition coefficient (Wildman–Crippen LogP) is 5.34. The van der Waals surface area contributed by atoms with Crippen LogP contribution < -0.4 is 0 Å². The van der Waals surface area contributed by atoms with Gasteiger partial charge in [-0.2, -0.15) is 0 Å². The standard InChI is InChI=1S/C30H36N6O4S2/c1-5-39-27(37)19-41-29-33-31-25(35(29)23-13-9-11-21(3)17-23)15-7-8-16-26-32-34-30(42-20-28(38)40-6-2)36(26)24-14-10-12-22(4)18-24/h9-14,17-18H,5-8,15-16,19-20H2,1-4H3. The van der Waals surface area contributed by atoms with E-state index in [0.29, 0.717) is 36.4 Å². The summed E-state index contributed by atoms with van der Waals surface area (Å²) in [6.07, 6.45) is 3.09. The number of esters is 2. The van der Waals surface area contributed by atoms with Crippen molar-refractivity contribution in [2.24, 2.45) is 0 Å². The number of thioether (sulfide) groups is 2. The van der Waals surface area contributed by atoms with E-state index in [1.54, 1.807) is 13.8 Å². The molecule has 0 radical (unpaired) electrons. The van der Waals surface area contributed by atoms with Crippen LogP contribution in [-0.2, 0) is 31.9 Å². The predicted molar refractivity (Wildman–Crippen MR) is 164 cm³/mol. The van der Waals surface area contributed by atoms with Crippen LogP contribution in [-0.4, -0.2) is 66.2 Å². The van der Waals surface area contributed by atoms with Gasteiger partial charge in [-0.25, -0.2) is 0 Å². The first-order valence-electron chi connectivity index (χ1n) is 14.0. The lowest BCUT2D eigenvalue weighted by atomic mass is 10.1. The van der Waals surface area contributed by atoms with Crippen molar-refractivity contribution < 1.29 is 19.1 Å². The van der Waals surface area contributed by atoms with Crippen LogP contribution in [0.5, 0.6) is 0 Å². The van der Waals surface area contributed by atoms with Gasteiger partial charge in [0, 0.05) is 24.2 Å². The van der Waals surface area contributed by atoms with Crippen molar-refractivity contribution >= 4 is 35.5 Å². The van der Waals surface area contributed by atoms with Crippen molar-refractivity contribution in [3.8, 4) is 11.4 Å². The molecule has 0 unspecified atom stereocenters. The van der Waals surface area contributed by atoms with E-state index < -0.39 is 0 Å². The Morgan fingerprint density at radius 2 is 1.12 bits per heavy atom. The van der Waals surface area contributed by atoms with E-state index in [1.807, 2.05) is 59.4 Å². The quantitative estimate of drug-likeness (QED) is 0.0995. The Labute approximate surface area is 254 Å². The van der Waals surface area contributed by atoms with Gasteiger partial charge in [0.1, 0.15) is 11.6 Å². The van der Waals surface area contributed by atoms with Crippen molar-refractivity contribution in [3.63, 3.8) is 0 Å². The first kappa shape index (κ1) is 31.3. The van der Waals surface area contributed by atoms with E-state index >= 15 is 0 Å². The van der Waals surface area contributed by atoms with Crippen LogP contribution in [0, 0.1) is 13.8 Å². The van der Waals surface area contributed by atoms with E-state index in [-0.39, 0.29) is 23.4 Å². The molecule has 0 aliphatic heterocycles. The number of carbonyl (C=O) groups excluding carboxylic acids is 2. The molecule has 0 fully saturated rings. The van der Waals surface area contributed by atoms with Crippen molar-refractivity contribution in [3.05, 3.63) is 71.3 Å². The fourth-order valence-corrected chi connectivity index (χ4v) is 5.92. The number of benzene rings is 2. The molecule has 0 saturated carbocycles. The Kier molecular flexibility index (Phi) is 11.6. The molecular weight excluding hydrogens is 573 g/mol. The zero-order valence-corrected chi connectivity index (χ0v) is 26.0. The number of ether oxygens (including phenoxy) is 2. The van der Waals surface area contributed by atoms with Crippen molar-refractivity contribution in [2.75, 3.05) is 24.7 Å². The SMILES string of the molecule is CCOC(=O)CSc1nnc(CCCCc2nnc(SCC(=O)OCC)n2-c2cccc(C)c2)n1-c1cccc(C)c1. The van der Waals surface area contributed by atoms with Gasteiger partial charge < -0.3 is 9.47 Å². The summed E-state index contributed by atoms with van der Waals surface area (Å²) in [4.78, 5) is 24.0. The Hall–Kier alpha value is -3.64. The number of rotatable bonds is 15. The summed E-state index contributed by atoms with van der Waals surface area (Å²) in [5, 5.41) is 19.1. The number of hydrogen-bond acceptors (Lipinski definition) is 10. The minimum absolute atomic E-state index is 0.170. The topological polar surface area (TPSA) is 114 Å². The molecule has 222 valence electrons. The molecule has 10 nitrogen and oxygen atoms in total. The zero-order chi connectivity index (χ0) is 29.9. The normalized spacial score (nSPS) is 11.0. The summed E-state index contributed by atoms with van der Waals surface area (Å²) in [7, 11) is 0.